The zero-order valence-electron chi connectivity index (χ0n) is 11.0. The number of nitrogens with zero attached hydrogens (tertiary/aromatic N) is 1. The van der Waals surface area contributed by atoms with Gasteiger partial charge in [0.15, 0.2) is 0 Å². The van der Waals surface area contributed by atoms with Crippen molar-refractivity contribution in [2.24, 2.45) is 0 Å². The molecular weight excluding hydrogens is 204 g/mol. The molecule has 0 aromatic rings. The first-order valence-electron chi connectivity index (χ1n) is 6.14. The van der Waals surface area contributed by atoms with Crippen molar-refractivity contribution in [1.82, 2.24) is 10.2 Å². The fourth-order valence-corrected chi connectivity index (χ4v) is 1.57. The zero-order chi connectivity index (χ0) is 12.6. The Hall–Kier alpha value is -0.610. The molecule has 0 aliphatic carbocycles. The fourth-order valence-electron chi connectivity index (χ4n) is 1.57. The van der Waals surface area contributed by atoms with Crippen molar-refractivity contribution in [3.05, 3.63) is 0 Å². The molecule has 0 radical (unpaired) electrons. The van der Waals surface area contributed by atoms with Gasteiger partial charge >= 0.3 is 5.97 Å². The molecule has 0 bridgehead atoms. The van der Waals surface area contributed by atoms with E-state index in [4.69, 9.17) is 5.11 Å². The molecule has 0 aliphatic heterocycles. The molecule has 4 heteroatoms. The van der Waals surface area contributed by atoms with Gasteiger partial charge in [-0.3, -0.25) is 4.79 Å². The number of aliphatic carboxylic acids is 1. The second kappa shape index (κ2) is 8.53. The summed E-state index contributed by atoms with van der Waals surface area (Å²) in [7, 11) is 2.05. The molecule has 0 amide bonds. The van der Waals surface area contributed by atoms with E-state index in [0.29, 0.717) is 6.42 Å². The van der Waals surface area contributed by atoms with Crippen molar-refractivity contribution in [3.63, 3.8) is 0 Å². The highest BCUT2D eigenvalue weighted by molar-refractivity contribution is 5.73. The lowest BCUT2D eigenvalue weighted by molar-refractivity contribution is -0.139. The number of rotatable bonds is 9. The van der Waals surface area contributed by atoms with Crippen molar-refractivity contribution in [2.75, 3.05) is 20.1 Å². The SMILES string of the molecule is CCCCN(C)CCC(NC(C)C)C(=O)O. The maximum atomic E-state index is 11.0. The number of nitrogens with one attached hydrogen (secondary N) is 1. The van der Waals surface area contributed by atoms with E-state index >= 15 is 0 Å². The van der Waals surface area contributed by atoms with Gasteiger partial charge in [0.1, 0.15) is 6.04 Å². The molecule has 1 atom stereocenters. The number of unbranched alkanes of at least 4 members (excludes halogenated alkanes) is 1. The van der Waals surface area contributed by atoms with Gasteiger partial charge in [-0.15, -0.1) is 0 Å². The molecule has 0 spiro atoms. The minimum Gasteiger partial charge on any atom is -0.480 e. The van der Waals surface area contributed by atoms with Crippen molar-refractivity contribution in [3.8, 4) is 0 Å². The first-order valence-corrected chi connectivity index (χ1v) is 6.14. The largest absolute Gasteiger partial charge is 0.480 e. The van der Waals surface area contributed by atoms with Crippen LogP contribution in [0.25, 0.3) is 0 Å². The standard InChI is InChI=1S/C12H26N2O2/c1-5-6-8-14(4)9-7-11(12(15)16)13-10(2)3/h10-11,13H,5-9H2,1-4H3,(H,15,16). The minimum absolute atomic E-state index is 0.210. The van der Waals surface area contributed by atoms with Crippen LogP contribution >= 0.6 is 0 Å². The van der Waals surface area contributed by atoms with E-state index in [0.717, 1.165) is 13.1 Å². The van der Waals surface area contributed by atoms with Gasteiger partial charge in [0.25, 0.3) is 0 Å². The summed E-state index contributed by atoms with van der Waals surface area (Å²) in [5.41, 5.74) is 0. The summed E-state index contributed by atoms with van der Waals surface area (Å²) in [5, 5.41) is 12.1. The van der Waals surface area contributed by atoms with Crippen LogP contribution in [0.15, 0.2) is 0 Å². The van der Waals surface area contributed by atoms with Gasteiger partial charge < -0.3 is 15.3 Å². The van der Waals surface area contributed by atoms with Gasteiger partial charge in [0, 0.05) is 6.04 Å². The lowest BCUT2D eigenvalue weighted by Crippen LogP contribution is -2.42. The summed E-state index contributed by atoms with van der Waals surface area (Å²) in [6, 6.07) is -0.217. The zero-order valence-corrected chi connectivity index (χ0v) is 11.0. The smallest absolute Gasteiger partial charge is 0.320 e. The normalized spacial score (nSPS) is 13.4. The Morgan fingerprint density at radius 3 is 2.44 bits per heavy atom. The van der Waals surface area contributed by atoms with Crippen LogP contribution in [-0.2, 0) is 4.79 Å². The van der Waals surface area contributed by atoms with E-state index < -0.39 is 12.0 Å². The summed E-state index contributed by atoms with van der Waals surface area (Å²) in [6.45, 7) is 7.98. The molecule has 1 unspecified atom stereocenters. The Morgan fingerprint density at radius 2 is 2.00 bits per heavy atom. The topological polar surface area (TPSA) is 52.6 Å². The lowest BCUT2D eigenvalue weighted by Gasteiger charge is -2.21. The Morgan fingerprint density at radius 1 is 1.38 bits per heavy atom. The van der Waals surface area contributed by atoms with Gasteiger partial charge in [-0.1, -0.05) is 27.2 Å². The molecule has 0 saturated heterocycles. The summed E-state index contributed by atoms with van der Waals surface area (Å²) in [4.78, 5) is 13.2. The molecule has 0 fully saturated rings. The third kappa shape index (κ3) is 7.65. The summed E-state index contributed by atoms with van der Waals surface area (Å²) >= 11 is 0. The van der Waals surface area contributed by atoms with E-state index in [1.807, 2.05) is 20.9 Å². The van der Waals surface area contributed by atoms with Crippen molar-refractivity contribution in [1.29, 1.82) is 0 Å². The van der Waals surface area contributed by atoms with Crippen molar-refractivity contribution < 1.29 is 9.90 Å². The van der Waals surface area contributed by atoms with Gasteiger partial charge in [-0.2, -0.15) is 0 Å². The van der Waals surface area contributed by atoms with E-state index in [-0.39, 0.29) is 6.04 Å². The van der Waals surface area contributed by atoms with E-state index in [1.54, 1.807) is 0 Å². The Labute approximate surface area is 99.0 Å². The summed E-state index contributed by atoms with van der Waals surface area (Å²) in [6.07, 6.45) is 3.01. The van der Waals surface area contributed by atoms with Gasteiger partial charge in [0.2, 0.25) is 0 Å². The van der Waals surface area contributed by atoms with Crippen molar-refractivity contribution in [2.45, 2.75) is 52.1 Å². The minimum atomic E-state index is -0.752. The van der Waals surface area contributed by atoms with Crippen molar-refractivity contribution >= 4 is 5.97 Å². The maximum Gasteiger partial charge on any atom is 0.320 e. The first-order chi connectivity index (χ1) is 7.47. The molecule has 0 aromatic carbocycles. The lowest BCUT2D eigenvalue weighted by atomic mass is 10.1. The van der Waals surface area contributed by atoms with Gasteiger partial charge in [0.05, 0.1) is 0 Å². The van der Waals surface area contributed by atoms with Gasteiger partial charge in [-0.05, 0) is 33.0 Å². The second-order valence-electron chi connectivity index (χ2n) is 4.66. The average Bonchev–Trinajstić information content (AvgIpc) is 2.20. The number of carboxylic acid groups (broad SMARTS) is 1. The quantitative estimate of drug-likeness (QED) is 0.631. The summed E-state index contributed by atoms with van der Waals surface area (Å²) in [5.74, 6) is -0.752. The van der Waals surface area contributed by atoms with Crippen LogP contribution in [0.1, 0.15) is 40.0 Å². The molecule has 16 heavy (non-hydrogen) atoms. The van der Waals surface area contributed by atoms with Crippen LogP contribution in [0.3, 0.4) is 0 Å². The van der Waals surface area contributed by atoms with Crippen LogP contribution in [0.5, 0.6) is 0 Å². The van der Waals surface area contributed by atoms with Crippen LogP contribution in [0.2, 0.25) is 0 Å². The Kier molecular flexibility index (Phi) is 8.21. The van der Waals surface area contributed by atoms with Crippen LogP contribution in [-0.4, -0.2) is 48.2 Å². The highest BCUT2D eigenvalue weighted by atomic mass is 16.4. The monoisotopic (exact) mass is 230 g/mol. The van der Waals surface area contributed by atoms with Crippen LogP contribution < -0.4 is 5.32 Å². The molecule has 0 rings (SSSR count). The van der Waals surface area contributed by atoms with Gasteiger partial charge in [-0.25, -0.2) is 0 Å². The third-order valence-corrected chi connectivity index (χ3v) is 2.53. The van der Waals surface area contributed by atoms with Crippen LogP contribution in [0, 0.1) is 0 Å². The number of carbonyl (C=O) groups is 1. The fraction of sp³-hybridized carbons (Fsp3) is 0.917. The molecule has 2 N–H and O–H groups in total. The molecule has 4 nitrogen and oxygen atoms in total. The molecule has 0 heterocycles. The number of hydrogen-bond donors (Lipinski definition) is 2. The maximum absolute atomic E-state index is 11.0. The number of hydrogen-bond acceptors (Lipinski definition) is 3. The number of carboxylic acids is 1. The molecular formula is C12H26N2O2. The predicted octanol–water partition coefficient (Wildman–Crippen LogP) is 1.56. The average molecular weight is 230 g/mol. The second-order valence-corrected chi connectivity index (χ2v) is 4.66. The Balaban J connectivity index is 3.87. The van der Waals surface area contributed by atoms with Crippen LogP contribution in [0.4, 0.5) is 0 Å². The highest BCUT2D eigenvalue weighted by Crippen LogP contribution is 1.99. The third-order valence-electron chi connectivity index (χ3n) is 2.53. The summed E-state index contributed by atoms with van der Waals surface area (Å²) < 4.78 is 0. The van der Waals surface area contributed by atoms with E-state index in [1.165, 1.54) is 12.8 Å². The highest BCUT2D eigenvalue weighted by Gasteiger charge is 2.17. The molecule has 0 aromatic heterocycles. The molecule has 0 aliphatic rings. The molecule has 96 valence electrons. The molecule has 0 saturated carbocycles. The first kappa shape index (κ1) is 15.4. The predicted molar refractivity (Wildman–Crippen MR) is 66.7 cm³/mol. The van der Waals surface area contributed by atoms with E-state index in [2.05, 4.69) is 17.1 Å². The Bertz CT molecular complexity index is 195. The van der Waals surface area contributed by atoms with E-state index in [9.17, 15) is 4.79 Å².